The summed E-state index contributed by atoms with van der Waals surface area (Å²) in [6, 6.07) is 1.82. The van der Waals surface area contributed by atoms with E-state index in [9.17, 15) is 23.1 Å². The lowest BCUT2D eigenvalue weighted by molar-refractivity contribution is -0.139. The second kappa shape index (κ2) is 7.61. The molecule has 1 saturated carbocycles. The number of pyridine rings is 1. The van der Waals surface area contributed by atoms with Crippen molar-refractivity contribution in [1.29, 1.82) is 0 Å². The first-order valence-electron chi connectivity index (χ1n) is 8.69. The number of nitrogens with one attached hydrogen (secondary N) is 2. The van der Waals surface area contributed by atoms with Crippen molar-refractivity contribution >= 4 is 5.91 Å². The molecule has 3 N–H and O–H groups in total. The molecule has 0 spiro atoms. The van der Waals surface area contributed by atoms with Gasteiger partial charge < -0.3 is 19.9 Å². The summed E-state index contributed by atoms with van der Waals surface area (Å²) in [4.78, 5) is 16.3. The van der Waals surface area contributed by atoms with Crippen LogP contribution in [0.3, 0.4) is 0 Å². The molecule has 0 bridgehead atoms. The van der Waals surface area contributed by atoms with Gasteiger partial charge in [-0.2, -0.15) is 13.2 Å². The van der Waals surface area contributed by atoms with E-state index in [0.29, 0.717) is 0 Å². The second-order valence-electron chi connectivity index (χ2n) is 7.04. The highest BCUT2D eigenvalue weighted by Crippen LogP contribution is 2.37. The Morgan fingerprint density at radius 3 is 2.67 bits per heavy atom. The maximum Gasteiger partial charge on any atom is 0.421 e. The first-order chi connectivity index (χ1) is 12.7. The molecule has 150 valence electrons. The molecule has 1 atom stereocenters. The van der Waals surface area contributed by atoms with E-state index in [1.807, 2.05) is 0 Å². The van der Waals surface area contributed by atoms with Gasteiger partial charge in [0.1, 0.15) is 17.5 Å². The van der Waals surface area contributed by atoms with Gasteiger partial charge in [0, 0.05) is 6.42 Å². The molecule has 1 unspecified atom stereocenters. The van der Waals surface area contributed by atoms with Crippen LogP contribution in [0.1, 0.15) is 35.3 Å². The number of aliphatic hydroxyl groups excluding tert-OH is 1. The Hall–Kier alpha value is -1.91. The first-order valence-corrected chi connectivity index (χ1v) is 8.69. The molecule has 27 heavy (non-hydrogen) atoms. The van der Waals surface area contributed by atoms with Gasteiger partial charge in [-0.05, 0) is 37.9 Å². The minimum Gasteiger partial charge on any atom is -0.477 e. The van der Waals surface area contributed by atoms with E-state index < -0.39 is 35.3 Å². The standard InChI is InChI=1S/C17H22F3N3O4/c1-21-13(24)6-16(8-26-9-16)23-14(25)12-5-4-11(17(18,19)20)15(22-12)27-7-10-2-3-10/h4-5,10,13,21,24H,2-3,6-9H2,1H3,(H,23,25). The zero-order valence-electron chi connectivity index (χ0n) is 14.8. The summed E-state index contributed by atoms with van der Waals surface area (Å²) < 4.78 is 49.9. The van der Waals surface area contributed by atoms with Gasteiger partial charge >= 0.3 is 6.18 Å². The third-order valence-electron chi connectivity index (χ3n) is 4.60. The fraction of sp³-hybridized carbons (Fsp3) is 0.647. The summed E-state index contributed by atoms with van der Waals surface area (Å²) in [5.74, 6) is -0.994. The molecule has 10 heteroatoms. The van der Waals surface area contributed by atoms with Crippen LogP contribution >= 0.6 is 0 Å². The minimum absolute atomic E-state index is 0.146. The van der Waals surface area contributed by atoms with Crippen molar-refractivity contribution in [2.45, 2.75) is 37.2 Å². The number of amides is 1. The number of alkyl halides is 3. The van der Waals surface area contributed by atoms with Crippen molar-refractivity contribution in [1.82, 2.24) is 15.6 Å². The van der Waals surface area contributed by atoms with Crippen LogP contribution in [-0.4, -0.2) is 54.6 Å². The number of halogens is 3. The Morgan fingerprint density at radius 2 is 2.15 bits per heavy atom. The van der Waals surface area contributed by atoms with Crippen LogP contribution in [0.5, 0.6) is 5.88 Å². The highest BCUT2D eigenvalue weighted by molar-refractivity contribution is 5.93. The van der Waals surface area contributed by atoms with Crippen LogP contribution in [0.15, 0.2) is 12.1 Å². The predicted molar refractivity (Wildman–Crippen MR) is 88.2 cm³/mol. The number of ether oxygens (including phenoxy) is 2. The van der Waals surface area contributed by atoms with Gasteiger partial charge in [-0.3, -0.25) is 10.1 Å². The van der Waals surface area contributed by atoms with Crippen LogP contribution in [0, 0.1) is 5.92 Å². The molecule has 7 nitrogen and oxygen atoms in total. The van der Waals surface area contributed by atoms with Crippen molar-refractivity contribution in [3.63, 3.8) is 0 Å². The van der Waals surface area contributed by atoms with Crippen LogP contribution in [0.25, 0.3) is 0 Å². The Balaban J connectivity index is 1.76. The van der Waals surface area contributed by atoms with E-state index in [2.05, 4.69) is 15.6 Å². The predicted octanol–water partition coefficient (Wildman–Crippen LogP) is 1.32. The SMILES string of the molecule is CNC(O)CC1(NC(=O)c2ccc(C(F)(F)F)c(OCC3CC3)n2)COC1. The molecule has 1 aromatic rings. The second-order valence-corrected chi connectivity index (χ2v) is 7.04. The van der Waals surface area contributed by atoms with Crippen molar-refractivity contribution < 1.29 is 32.5 Å². The molecule has 3 rings (SSSR count). The smallest absolute Gasteiger partial charge is 0.421 e. The fourth-order valence-corrected chi connectivity index (χ4v) is 2.74. The monoisotopic (exact) mass is 389 g/mol. The van der Waals surface area contributed by atoms with E-state index in [1.165, 1.54) is 0 Å². The van der Waals surface area contributed by atoms with Crippen LogP contribution in [-0.2, 0) is 10.9 Å². The van der Waals surface area contributed by atoms with Crippen LogP contribution in [0.2, 0.25) is 0 Å². The number of carbonyl (C=O) groups excluding carboxylic acids is 1. The highest BCUT2D eigenvalue weighted by Gasteiger charge is 2.42. The van der Waals surface area contributed by atoms with E-state index in [4.69, 9.17) is 9.47 Å². The Kier molecular flexibility index (Phi) is 5.59. The average molecular weight is 389 g/mol. The fourth-order valence-electron chi connectivity index (χ4n) is 2.74. The van der Waals surface area contributed by atoms with E-state index >= 15 is 0 Å². The van der Waals surface area contributed by atoms with E-state index in [0.717, 1.165) is 25.0 Å². The number of aromatic nitrogens is 1. The van der Waals surface area contributed by atoms with Crippen molar-refractivity contribution in [2.24, 2.45) is 5.92 Å². The van der Waals surface area contributed by atoms with Crippen molar-refractivity contribution in [3.05, 3.63) is 23.4 Å². The van der Waals surface area contributed by atoms with Gasteiger partial charge in [0.25, 0.3) is 5.91 Å². The van der Waals surface area contributed by atoms with Gasteiger partial charge in [0.05, 0.1) is 25.4 Å². The molecule has 2 fully saturated rings. The lowest BCUT2D eigenvalue weighted by atomic mass is 9.91. The largest absolute Gasteiger partial charge is 0.477 e. The van der Waals surface area contributed by atoms with Crippen molar-refractivity contribution in [2.75, 3.05) is 26.9 Å². The number of hydrogen-bond acceptors (Lipinski definition) is 6. The Morgan fingerprint density at radius 1 is 1.44 bits per heavy atom. The molecule has 1 aromatic heterocycles. The molecule has 2 heterocycles. The molecule has 2 aliphatic rings. The van der Waals surface area contributed by atoms with Gasteiger partial charge in [0.15, 0.2) is 0 Å². The van der Waals surface area contributed by atoms with Crippen molar-refractivity contribution in [3.8, 4) is 5.88 Å². The normalized spacial score (nSPS) is 19.9. The first kappa shape index (κ1) is 19.8. The summed E-state index contributed by atoms with van der Waals surface area (Å²) in [6.07, 6.45) is -3.45. The molecule has 0 radical (unpaired) electrons. The zero-order chi connectivity index (χ0) is 19.7. The molecule has 1 aliphatic carbocycles. The molecule has 1 saturated heterocycles. The summed E-state index contributed by atoms with van der Waals surface area (Å²) in [5, 5.41) is 15.1. The zero-order valence-corrected chi connectivity index (χ0v) is 14.8. The molecular formula is C17H22F3N3O4. The highest BCUT2D eigenvalue weighted by atomic mass is 19.4. The van der Waals surface area contributed by atoms with Gasteiger partial charge in [0.2, 0.25) is 5.88 Å². The summed E-state index contributed by atoms with van der Waals surface area (Å²) >= 11 is 0. The molecular weight excluding hydrogens is 367 g/mol. The number of carbonyl (C=O) groups is 1. The summed E-state index contributed by atoms with van der Waals surface area (Å²) in [5.41, 5.74) is -1.98. The maximum atomic E-state index is 13.2. The number of aliphatic hydroxyl groups is 1. The third kappa shape index (κ3) is 4.88. The lowest BCUT2D eigenvalue weighted by Gasteiger charge is -2.43. The lowest BCUT2D eigenvalue weighted by Crippen LogP contribution is -2.64. The third-order valence-corrected chi connectivity index (χ3v) is 4.60. The average Bonchev–Trinajstić information content (AvgIpc) is 3.41. The number of hydrogen-bond donors (Lipinski definition) is 3. The van der Waals surface area contributed by atoms with Crippen LogP contribution < -0.4 is 15.4 Å². The van der Waals surface area contributed by atoms with E-state index in [-0.39, 0.29) is 37.9 Å². The number of nitrogens with zero attached hydrogens (tertiary/aromatic N) is 1. The van der Waals surface area contributed by atoms with Crippen LogP contribution in [0.4, 0.5) is 13.2 Å². The Labute approximate surface area is 154 Å². The van der Waals surface area contributed by atoms with Gasteiger partial charge in [-0.25, -0.2) is 4.98 Å². The molecule has 1 aliphatic heterocycles. The Bertz CT molecular complexity index is 690. The minimum atomic E-state index is -4.62. The van der Waals surface area contributed by atoms with E-state index in [1.54, 1.807) is 7.05 Å². The number of rotatable bonds is 8. The topological polar surface area (TPSA) is 92.7 Å². The summed E-state index contributed by atoms with van der Waals surface area (Å²) in [6.45, 7) is 0.541. The maximum absolute atomic E-state index is 13.2. The molecule has 1 amide bonds. The molecule has 0 aromatic carbocycles. The summed E-state index contributed by atoms with van der Waals surface area (Å²) in [7, 11) is 1.57. The van der Waals surface area contributed by atoms with Gasteiger partial charge in [-0.15, -0.1) is 0 Å². The van der Waals surface area contributed by atoms with Gasteiger partial charge in [-0.1, -0.05) is 0 Å². The quantitative estimate of drug-likeness (QED) is 0.581.